The Kier molecular flexibility index (Phi) is 6.35. The highest BCUT2D eigenvalue weighted by Crippen LogP contribution is 2.44. The number of carbonyl (C=O) groups is 1. The Balaban J connectivity index is 1.44. The summed E-state index contributed by atoms with van der Waals surface area (Å²) in [5.41, 5.74) is 0.562. The van der Waals surface area contributed by atoms with Crippen LogP contribution in [0.25, 0.3) is 0 Å². The smallest absolute Gasteiger partial charge is 0.410 e. The number of amides is 1. The van der Waals surface area contributed by atoms with E-state index in [1.54, 1.807) is 0 Å². The number of carbonyl (C=O) groups excluding carboxylic acids is 1. The first-order valence-electron chi connectivity index (χ1n) is 9.96. The maximum absolute atomic E-state index is 12.4. The van der Waals surface area contributed by atoms with Gasteiger partial charge in [-0.3, -0.25) is 0 Å². The summed E-state index contributed by atoms with van der Waals surface area (Å²) in [6, 6.07) is 9.88. The molecule has 25 heavy (non-hydrogen) atoms. The standard InChI is InChI=1S/C21H32N2O2/c1-2-12-21(13-7-14-21)17-22-18-8-6-15-23(16-11-18)20(24)25-19-9-4-3-5-10-19/h3-5,9-10,18,22H,2,6-8,11-17H2,1H3/t18-/m0/s1. The van der Waals surface area contributed by atoms with E-state index in [1.165, 1.54) is 32.1 Å². The van der Waals surface area contributed by atoms with Gasteiger partial charge >= 0.3 is 6.09 Å². The van der Waals surface area contributed by atoms with Gasteiger partial charge in [-0.1, -0.05) is 38.0 Å². The number of hydrogen-bond donors (Lipinski definition) is 1. The molecular weight excluding hydrogens is 312 g/mol. The minimum absolute atomic E-state index is 0.215. The number of hydrogen-bond acceptors (Lipinski definition) is 3. The highest BCUT2D eigenvalue weighted by Gasteiger charge is 2.36. The second-order valence-electron chi connectivity index (χ2n) is 7.78. The molecule has 0 bridgehead atoms. The molecule has 1 aliphatic heterocycles. The van der Waals surface area contributed by atoms with Gasteiger partial charge in [-0.2, -0.15) is 0 Å². The van der Waals surface area contributed by atoms with Crippen LogP contribution in [0, 0.1) is 5.41 Å². The monoisotopic (exact) mass is 344 g/mol. The zero-order valence-electron chi connectivity index (χ0n) is 15.5. The van der Waals surface area contributed by atoms with E-state index in [9.17, 15) is 4.79 Å². The van der Waals surface area contributed by atoms with Crippen molar-refractivity contribution in [2.24, 2.45) is 5.41 Å². The minimum atomic E-state index is -0.215. The molecule has 0 aromatic heterocycles. The van der Waals surface area contributed by atoms with Crippen molar-refractivity contribution in [3.05, 3.63) is 30.3 Å². The first-order chi connectivity index (χ1) is 12.2. The molecular formula is C21H32N2O2. The van der Waals surface area contributed by atoms with Crippen LogP contribution in [0.4, 0.5) is 4.79 Å². The van der Waals surface area contributed by atoms with Crippen LogP contribution < -0.4 is 10.1 Å². The predicted molar refractivity (Wildman–Crippen MR) is 101 cm³/mol. The lowest BCUT2D eigenvalue weighted by molar-refractivity contribution is 0.109. The number of para-hydroxylation sites is 1. The maximum Gasteiger partial charge on any atom is 0.415 e. The van der Waals surface area contributed by atoms with Gasteiger partial charge in [-0.05, 0) is 56.1 Å². The molecule has 1 atom stereocenters. The third-order valence-corrected chi connectivity index (χ3v) is 5.89. The van der Waals surface area contributed by atoms with Crippen molar-refractivity contribution >= 4 is 6.09 Å². The van der Waals surface area contributed by atoms with Crippen LogP contribution >= 0.6 is 0 Å². The van der Waals surface area contributed by atoms with Crippen LogP contribution in [-0.2, 0) is 0 Å². The molecule has 138 valence electrons. The molecule has 0 spiro atoms. The Morgan fingerprint density at radius 2 is 2.00 bits per heavy atom. The van der Waals surface area contributed by atoms with Crippen LogP contribution in [0.15, 0.2) is 30.3 Å². The molecule has 1 aliphatic carbocycles. The fourth-order valence-corrected chi connectivity index (χ4v) is 4.22. The van der Waals surface area contributed by atoms with Crippen molar-refractivity contribution in [3.8, 4) is 5.75 Å². The van der Waals surface area contributed by atoms with E-state index in [-0.39, 0.29) is 6.09 Å². The van der Waals surface area contributed by atoms with Crippen molar-refractivity contribution in [2.75, 3.05) is 19.6 Å². The van der Waals surface area contributed by atoms with Crippen molar-refractivity contribution < 1.29 is 9.53 Å². The van der Waals surface area contributed by atoms with Crippen LogP contribution in [0.3, 0.4) is 0 Å². The van der Waals surface area contributed by atoms with Crippen LogP contribution in [0.5, 0.6) is 5.75 Å². The quantitative estimate of drug-likeness (QED) is 0.820. The lowest BCUT2D eigenvalue weighted by Crippen LogP contribution is -2.44. The molecule has 1 aromatic rings. The SMILES string of the molecule is CCCC1(CN[C@H]2CCCN(C(=O)Oc3ccccc3)CC2)CCC1. The fraction of sp³-hybridized carbons (Fsp3) is 0.667. The number of likely N-dealkylation sites (tertiary alicyclic amines) is 1. The van der Waals surface area contributed by atoms with Gasteiger partial charge in [0.2, 0.25) is 0 Å². The van der Waals surface area contributed by atoms with Crippen LogP contribution in [0.1, 0.15) is 58.3 Å². The number of rotatable bonds is 6. The Bertz CT molecular complexity index is 542. The van der Waals surface area contributed by atoms with E-state index < -0.39 is 0 Å². The van der Waals surface area contributed by atoms with E-state index in [2.05, 4.69) is 12.2 Å². The van der Waals surface area contributed by atoms with Gasteiger partial charge in [0.15, 0.2) is 0 Å². The lowest BCUT2D eigenvalue weighted by Gasteiger charge is -2.43. The van der Waals surface area contributed by atoms with Crippen LogP contribution in [0.2, 0.25) is 0 Å². The summed E-state index contributed by atoms with van der Waals surface area (Å²) in [6.45, 7) is 5.02. The molecule has 0 radical (unpaired) electrons. The number of ether oxygens (including phenoxy) is 1. The zero-order chi connectivity index (χ0) is 17.5. The Morgan fingerprint density at radius 3 is 2.68 bits per heavy atom. The molecule has 2 fully saturated rings. The first kappa shape index (κ1) is 18.2. The summed E-state index contributed by atoms with van der Waals surface area (Å²) in [6.07, 6.45) is 9.80. The largest absolute Gasteiger partial charge is 0.415 e. The molecule has 1 N–H and O–H groups in total. The maximum atomic E-state index is 12.4. The van der Waals surface area contributed by atoms with Crippen molar-refractivity contribution in [3.63, 3.8) is 0 Å². The van der Waals surface area contributed by atoms with E-state index in [4.69, 9.17) is 4.74 Å². The fourth-order valence-electron chi connectivity index (χ4n) is 4.22. The summed E-state index contributed by atoms with van der Waals surface area (Å²) >= 11 is 0. The van der Waals surface area contributed by atoms with Gasteiger partial charge in [-0.15, -0.1) is 0 Å². The predicted octanol–water partition coefficient (Wildman–Crippen LogP) is 4.60. The molecule has 4 heteroatoms. The third kappa shape index (κ3) is 4.97. The molecule has 2 aliphatic rings. The van der Waals surface area contributed by atoms with Gasteiger partial charge in [0.05, 0.1) is 0 Å². The minimum Gasteiger partial charge on any atom is -0.410 e. The Hall–Kier alpha value is -1.55. The molecule has 1 amide bonds. The summed E-state index contributed by atoms with van der Waals surface area (Å²) in [7, 11) is 0. The average Bonchev–Trinajstić information content (AvgIpc) is 2.84. The highest BCUT2D eigenvalue weighted by atomic mass is 16.6. The third-order valence-electron chi connectivity index (χ3n) is 5.89. The number of nitrogens with one attached hydrogen (secondary N) is 1. The van der Waals surface area contributed by atoms with Gasteiger partial charge in [-0.25, -0.2) is 4.79 Å². The number of benzene rings is 1. The second kappa shape index (κ2) is 8.70. The van der Waals surface area contributed by atoms with Crippen molar-refractivity contribution in [1.29, 1.82) is 0 Å². The number of nitrogens with zero attached hydrogens (tertiary/aromatic N) is 1. The van der Waals surface area contributed by atoms with Gasteiger partial charge in [0.25, 0.3) is 0 Å². The lowest BCUT2D eigenvalue weighted by atomic mass is 9.66. The average molecular weight is 344 g/mol. The van der Waals surface area contributed by atoms with E-state index in [1.807, 2.05) is 35.2 Å². The molecule has 0 unspecified atom stereocenters. The molecule has 1 saturated carbocycles. The topological polar surface area (TPSA) is 41.6 Å². The van der Waals surface area contributed by atoms with Crippen LogP contribution in [-0.4, -0.2) is 36.7 Å². The van der Waals surface area contributed by atoms with Gasteiger partial charge in [0, 0.05) is 25.7 Å². The molecule has 3 rings (SSSR count). The Labute approximate surface area is 151 Å². The first-order valence-corrected chi connectivity index (χ1v) is 9.96. The van der Waals surface area contributed by atoms with Crippen molar-refractivity contribution in [1.82, 2.24) is 10.2 Å². The molecule has 1 aromatic carbocycles. The van der Waals surface area contributed by atoms with Crippen molar-refractivity contribution in [2.45, 2.75) is 64.3 Å². The summed E-state index contributed by atoms with van der Waals surface area (Å²) in [5, 5.41) is 3.82. The van der Waals surface area contributed by atoms with E-state index in [0.29, 0.717) is 17.2 Å². The van der Waals surface area contributed by atoms with Gasteiger partial charge in [0.1, 0.15) is 5.75 Å². The zero-order valence-corrected chi connectivity index (χ0v) is 15.5. The highest BCUT2D eigenvalue weighted by molar-refractivity contribution is 5.70. The van der Waals surface area contributed by atoms with Gasteiger partial charge < -0.3 is 15.0 Å². The Morgan fingerprint density at radius 1 is 1.20 bits per heavy atom. The molecule has 1 saturated heterocycles. The summed E-state index contributed by atoms with van der Waals surface area (Å²) in [5.74, 6) is 0.623. The van der Waals surface area contributed by atoms with E-state index >= 15 is 0 Å². The second-order valence-corrected chi connectivity index (χ2v) is 7.78. The summed E-state index contributed by atoms with van der Waals surface area (Å²) < 4.78 is 5.48. The molecule has 1 heterocycles. The summed E-state index contributed by atoms with van der Waals surface area (Å²) in [4.78, 5) is 14.2. The van der Waals surface area contributed by atoms with E-state index in [0.717, 1.165) is 38.9 Å². The normalized spacial score (nSPS) is 22.8. The molecule has 4 nitrogen and oxygen atoms in total.